The standard InChI is InChI=1S/C35H44N3S.U/c1-22-17-35(18-22)20-27(21-35)32-25-11-8-12-29(15-25)39-38-33-36-28(14-13-26(32)19-34(4,5)6)16-30(37-33)31-23(2)9-7-10-24(31)3;/h7-12,15-16,22,26-27,32H,1,13-14,17-21H2,2-6H3,(H,36,37,38);/q-1;. The summed E-state index contributed by atoms with van der Waals surface area (Å²) >= 11 is 1.64. The van der Waals surface area contributed by atoms with Crippen LogP contribution >= 0.6 is 11.9 Å². The summed E-state index contributed by atoms with van der Waals surface area (Å²) in [6.07, 6.45) is 8.81. The van der Waals surface area contributed by atoms with E-state index in [9.17, 15) is 0 Å². The predicted octanol–water partition coefficient (Wildman–Crippen LogP) is 9.60. The number of benzene rings is 2. The average molecular weight is 777 g/mol. The molecule has 3 aliphatic rings. The van der Waals surface area contributed by atoms with E-state index < -0.39 is 0 Å². The van der Waals surface area contributed by atoms with Crippen LogP contribution in [0.2, 0.25) is 0 Å². The van der Waals surface area contributed by atoms with Gasteiger partial charge in [0.15, 0.2) is 0 Å². The zero-order valence-corrected chi connectivity index (χ0v) is 29.9. The second-order valence-corrected chi connectivity index (χ2v) is 15.0. The van der Waals surface area contributed by atoms with Crippen LogP contribution < -0.4 is 4.72 Å². The van der Waals surface area contributed by atoms with Gasteiger partial charge in [-0.1, -0.05) is 63.9 Å². The molecule has 40 heavy (non-hydrogen) atoms. The molecule has 3 aromatic rings. The van der Waals surface area contributed by atoms with E-state index in [1.807, 2.05) is 0 Å². The average Bonchev–Trinajstić information content (AvgIpc) is 2.82. The quantitative estimate of drug-likeness (QED) is 0.213. The van der Waals surface area contributed by atoms with Gasteiger partial charge in [-0.05, 0) is 121 Å². The normalized spacial score (nSPS) is 27.8. The topological polar surface area (TPSA) is 37.8 Å². The van der Waals surface area contributed by atoms with E-state index in [0.29, 0.717) is 29.1 Å². The Morgan fingerprint density at radius 3 is 2.35 bits per heavy atom. The Kier molecular flexibility index (Phi) is 8.89. The monoisotopic (exact) mass is 776 g/mol. The molecule has 1 aromatic heterocycles. The van der Waals surface area contributed by atoms with E-state index >= 15 is 0 Å². The van der Waals surface area contributed by atoms with Crippen LogP contribution in [0.15, 0.2) is 53.4 Å². The summed E-state index contributed by atoms with van der Waals surface area (Å²) in [4.78, 5) is 11.3. The molecule has 2 saturated carbocycles. The van der Waals surface area contributed by atoms with E-state index in [4.69, 9.17) is 9.97 Å². The number of aromatic nitrogens is 2. The molecule has 3 nitrogen and oxygen atoms in total. The smallest absolute Gasteiger partial charge is 0.233 e. The van der Waals surface area contributed by atoms with E-state index in [1.165, 1.54) is 59.3 Å². The molecule has 0 radical (unpaired) electrons. The minimum Gasteiger partial charge on any atom is -0.340 e. The number of nitrogens with zero attached hydrogens (tertiary/aromatic N) is 2. The molecule has 5 heteroatoms. The summed E-state index contributed by atoms with van der Waals surface area (Å²) in [5.41, 5.74) is 8.35. The third-order valence-corrected chi connectivity index (χ3v) is 10.3. The first kappa shape index (κ1) is 30.2. The van der Waals surface area contributed by atoms with Gasteiger partial charge in [-0.2, -0.15) is 5.92 Å². The Balaban J connectivity index is 0.00000323. The molecule has 2 aromatic carbocycles. The van der Waals surface area contributed by atoms with Gasteiger partial charge in [0.25, 0.3) is 0 Å². The van der Waals surface area contributed by atoms with Crippen LogP contribution in [-0.2, 0) is 6.42 Å². The van der Waals surface area contributed by atoms with Crippen molar-refractivity contribution in [3.8, 4) is 11.3 Å². The number of aryl methyl sites for hydroxylation is 3. The van der Waals surface area contributed by atoms with Gasteiger partial charge in [-0.25, -0.2) is 9.97 Å². The summed E-state index contributed by atoms with van der Waals surface area (Å²) in [7, 11) is 0. The van der Waals surface area contributed by atoms with Crippen LogP contribution in [0.4, 0.5) is 5.95 Å². The molecule has 1 aliphatic heterocycles. The maximum Gasteiger partial charge on any atom is 0.233 e. The number of fused-ring (bicyclic) bond motifs is 4. The molecule has 6 rings (SSSR count). The summed E-state index contributed by atoms with van der Waals surface area (Å²) < 4.78 is 3.51. The molecule has 1 spiro atoms. The summed E-state index contributed by atoms with van der Waals surface area (Å²) in [5, 5.41) is 0. The Labute approximate surface area is 270 Å². The van der Waals surface area contributed by atoms with Crippen molar-refractivity contribution < 1.29 is 31.1 Å². The van der Waals surface area contributed by atoms with Gasteiger partial charge < -0.3 is 6.92 Å². The largest absolute Gasteiger partial charge is 0.340 e. The summed E-state index contributed by atoms with van der Waals surface area (Å²) in [6.45, 7) is 16.0. The first-order valence-electron chi connectivity index (χ1n) is 14.9. The van der Waals surface area contributed by atoms with Crippen LogP contribution in [0.1, 0.15) is 87.6 Å². The fourth-order valence-corrected chi connectivity index (χ4v) is 8.81. The Morgan fingerprint density at radius 2 is 1.68 bits per heavy atom. The molecule has 1 N–H and O–H groups in total. The third kappa shape index (κ3) is 6.38. The van der Waals surface area contributed by atoms with Crippen LogP contribution in [0.3, 0.4) is 0 Å². The van der Waals surface area contributed by atoms with Crippen molar-refractivity contribution in [2.75, 3.05) is 4.72 Å². The first-order chi connectivity index (χ1) is 18.6. The second kappa shape index (κ2) is 11.8. The van der Waals surface area contributed by atoms with E-state index in [0.717, 1.165) is 30.1 Å². The summed E-state index contributed by atoms with van der Waals surface area (Å²) in [5.74, 6) is 3.37. The van der Waals surface area contributed by atoms with Crippen LogP contribution in [-0.4, -0.2) is 9.97 Å². The van der Waals surface area contributed by atoms with Gasteiger partial charge in [0.05, 0.1) is 5.69 Å². The van der Waals surface area contributed by atoms with E-state index in [-0.39, 0.29) is 36.5 Å². The third-order valence-electron chi connectivity index (χ3n) is 9.51. The van der Waals surface area contributed by atoms with Crippen molar-refractivity contribution in [3.63, 3.8) is 0 Å². The molecule has 0 amide bonds. The Bertz CT molecular complexity index is 1330. The van der Waals surface area contributed by atoms with Gasteiger partial charge in [-0.15, -0.1) is 0 Å². The molecule has 2 aliphatic carbocycles. The van der Waals surface area contributed by atoms with E-state index in [2.05, 4.69) is 94.8 Å². The summed E-state index contributed by atoms with van der Waals surface area (Å²) in [6, 6.07) is 18.1. The van der Waals surface area contributed by atoms with Crippen molar-refractivity contribution in [2.45, 2.75) is 90.4 Å². The Hall–Kier alpha value is -1.28. The zero-order chi connectivity index (χ0) is 27.4. The van der Waals surface area contributed by atoms with Crippen LogP contribution in [0.5, 0.6) is 0 Å². The van der Waals surface area contributed by atoms with Crippen molar-refractivity contribution in [1.82, 2.24) is 9.97 Å². The maximum absolute atomic E-state index is 5.03. The van der Waals surface area contributed by atoms with Gasteiger partial charge in [0.1, 0.15) is 0 Å². The van der Waals surface area contributed by atoms with Crippen LogP contribution in [0.25, 0.3) is 11.3 Å². The maximum atomic E-state index is 5.03. The van der Waals surface area contributed by atoms with Crippen molar-refractivity contribution in [2.24, 2.45) is 28.6 Å². The SMILES string of the molecule is [CH2-]C1CC2(C1)CC(C1c3cccc(c3)SNc3nc(cc(-c4c(C)cccc4C)n3)CCC1CC(C)(C)C)C2.[U]. The van der Waals surface area contributed by atoms with Crippen molar-refractivity contribution in [3.05, 3.63) is 77.8 Å². The van der Waals surface area contributed by atoms with Crippen LogP contribution in [0, 0.1) is 80.5 Å². The molecule has 0 saturated heterocycles. The molecule has 2 unspecified atom stereocenters. The van der Waals surface area contributed by atoms with E-state index in [1.54, 1.807) is 11.9 Å². The fraction of sp³-hybridized carbons (Fsp3) is 0.514. The molecule has 2 fully saturated rings. The second-order valence-electron chi connectivity index (χ2n) is 14.1. The minimum atomic E-state index is 0. The van der Waals surface area contributed by atoms with Gasteiger partial charge in [-0.3, -0.25) is 4.72 Å². The first-order valence-corrected chi connectivity index (χ1v) is 15.7. The molecule has 2 atom stereocenters. The van der Waals surface area contributed by atoms with Crippen molar-refractivity contribution >= 4 is 17.9 Å². The molecule has 4 bridgehead atoms. The number of hydrogen-bond donors (Lipinski definition) is 1. The Morgan fingerprint density at radius 1 is 0.975 bits per heavy atom. The zero-order valence-electron chi connectivity index (χ0n) is 24.9. The fourth-order valence-electron chi connectivity index (χ4n) is 8.17. The van der Waals surface area contributed by atoms with Crippen molar-refractivity contribution in [1.29, 1.82) is 0 Å². The number of hydrogen-bond acceptors (Lipinski definition) is 4. The molecule has 2 heterocycles. The number of nitrogens with one attached hydrogen (secondary N) is 1. The molecular weight excluding hydrogens is 733 g/mol. The predicted molar refractivity (Wildman–Crippen MR) is 165 cm³/mol. The van der Waals surface area contributed by atoms with Gasteiger partial charge in [0, 0.05) is 47.3 Å². The minimum absolute atomic E-state index is 0. The molecular formula is C35H44N3SU-. The van der Waals surface area contributed by atoms with Gasteiger partial charge >= 0.3 is 0 Å². The number of rotatable bonds is 3. The molecule has 210 valence electrons. The number of anilines is 1. The van der Waals surface area contributed by atoms with Gasteiger partial charge in [0.2, 0.25) is 5.95 Å².